The Balaban J connectivity index is 0.000000758. The van der Waals surface area contributed by atoms with Gasteiger partial charge in [0, 0.05) is 26.3 Å². The fraction of sp³-hybridized carbons (Fsp3) is 0.300. The largest absolute Gasteiger partial charge is 0.497 e. The van der Waals surface area contributed by atoms with Gasteiger partial charge in [0.05, 0.1) is 19.6 Å². The Kier molecular flexibility index (Phi) is 6.74. The van der Waals surface area contributed by atoms with E-state index in [0.717, 1.165) is 11.1 Å². The summed E-state index contributed by atoms with van der Waals surface area (Å²) in [5, 5.41) is 9.27. The van der Waals surface area contributed by atoms with E-state index in [9.17, 15) is 14.7 Å². The number of aliphatic carboxylic acids is 1. The molecule has 0 bridgehead atoms. The number of benzene rings is 2. The lowest BCUT2D eigenvalue weighted by molar-refractivity contribution is -0.138. The molecular formula is C20H23NO5. The second kappa shape index (κ2) is 9.01. The number of methoxy groups -OCH3 is 2. The van der Waals surface area contributed by atoms with Crippen LogP contribution in [-0.2, 0) is 16.1 Å². The Morgan fingerprint density at radius 3 is 2.46 bits per heavy atom. The Bertz CT molecular complexity index is 774. The van der Waals surface area contributed by atoms with Crippen LogP contribution in [0.15, 0.2) is 48.5 Å². The van der Waals surface area contributed by atoms with Crippen molar-refractivity contribution in [2.45, 2.75) is 19.0 Å². The van der Waals surface area contributed by atoms with Gasteiger partial charge in [-0.1, -0.05) is 30.3 Å². The van der Waals surface area contributed by atoms with Crippen molar-refractivity contribution >= 4 is 11.9 Å². The Morgan fingerprint density at radius 2 is 1.85 bits per heavy atom. The molecule has 1 aliphatic heterocycles. The number of carboxylic acids is 1. The molecule has 0 saturated carbocycles. The molecule has 6 heteroatoms. The number of hydrogen-bond donors (Lipinski definition) is 1. The maximum atomic E-state index is 12.6. The SMILES string of the molecule is COC.COc1cccc([C@H](CC(=O)O)N2Cc3ccccc3C2=O)c1. The predicted octanol–water partition coefficient (Wildman–Crippen LogP) is 3.13. The van der Waals surface area contributed by atoms with Crippen molar-refractivity contribution in [3.63, 3.8) is 0 Å². The molecular weight excluding hydrogens is 334 g/mol. The van der Waals surface area contributed by atoms with E-state index in [-0.39, 0.29) is 12.3 Å². The molecule has 1 N–H and O–H groups in total. The predicted molar refractivity (Wildman–Crippen MR) is 97.2 cm³/mol. The quantitative estimate of drug-likeness (QED) is 0.890. The van der Waals surface area contributed by atoms with E-state index in [0.29, 0.717) is 17.9 Å². The molecule has 0 unspecified atom stereocenters. The van der Waals surface area contributed by atoms with E-state index in [2.05, 4.69) is 4.74 Å². The van der Waals surface area contributed by atoms with Crippen LogP contribution >= 0.6 is 0 Å². The van der Waals surface area contributed by atoms with E-state index in [1.807, 2.05) is 24.3 Å². The number of ether oxygens (including phenoxy) is 2. The number of carboxylic acid groups (broad SMARTS) is 1. The van der Waals surface area contributed by atoms with E-state index < -0.39 is 12.0 Å². The average molecular weight is 357 g/mol. The Labute approximate surface area is 153 Å². The second-order valence-corrected chi connectivity index (χ2v) is 5.89. The molecule has 2 aromatic carbocycles. The number of nitrogens with zero attached hydrogens (tertiary/aromatic N) is 1. The highest BCUT2D eigenvalue weighted by Crippen LogP contribution is 2.34. The zero-order valence-corrected chi connectivity index (χ0v) is 15.1. The third-order valence-electron chi connectivity index (χ3n) is 4.07. The first-order chi connectivity index (χ1) is 12.5. The molecule has 26 heavy (non-hydrogen) atoms. The molecule has 0 aliphatic carbocycles. The normalized spacial score (nSPS) is 13.5. The molecule has 0 spiro atoms. The first-order valence-corrected chi connectivity index (χ1v) is 8.16. The summed E-state index contributed by atoms with van der Waals surface area (Å²) < 4.78 is 9.46. The van der Waals surface area contributed by atoms with Crippen molar-refractivity contribution in [3.05, 3.63) is 65.2 Å². The monoisotopic (exact) mass is 357 g/mol. The first kappa shape index (κ1) is 19.5. The van der Waals surface area contributed by atoms with Crippen LogP contribution in [0.3, 0.4) is 0 Å². The van der Waals surface area contributed by atoms with Gasteiger partial charge in [0.1, 0.15) is 5.75 Å². The smallest absolute Gasteiger partial charge is 0.305 e. The van der Waals surface area contributed by atoms with Crippen molar-refractivity contribution in [1.29, 1.82) is 0 Å². The minimum absolute atomic E-state index is 0.130. The van der Waals surface area contributed by atoms with E-state index >= 15 is 0 Å². The van der Waals surface area contributed by atoms with Crippen molar-refractivity contribution in [2.75, 3.05) is 21.3 Å². The highest BCUT2D eigenvalue weighted by Gasteiger charge is 2.34. The van der Waals surface area contributed by atoms with Gasteiger partial charge in [-0.05, 0) is 29.3 Å². The molecule has 0 radical (unpaired) electrons. The molecule has 0 saturated heterocycles. The lowest BCUT2D eigenvalue weighted by atomic mass is 10.0. The third kappa shape index (κ3) is 4.40. The topological polar surface area (TPSA) is 76.1 Å². The number of amides is 1. The molecule has 1 heterocycles. The van der Waals surface area contributed by atoms with Gasteiger partial charge in [-0.15, -0.1) is 0 Å². The van der Waals surface area contributed by atoms with Gasteiger partial charge in [0.25, 0.3) is 5.91 Å². The summed E-state index contributed by atoms with van der Waals surface area (Å²) in [5.74, 6) is -0.432. The van der Waals surface area contributed by atoms with Crippen LogP contribution in [0.4, 0.5) is 0 Å². The van der Waals surface area contributed by atoms with Crippen LogP contribution < -0.4 is 4.74 Å². The molecule has 6 nitrogen and oxygen atoms in total. The van der Waals surface area contributed by atoms with Crippen molar-refractivity contribution in [3.8, 4) is 5.75 Å². The van der Waals surface area contributed by atoms with Crippen molar-refractivity contribution in [2.24, 2.45) is 0 Å². The maximum absolute atomic E-state index is 12.6. The van der Waals surface area contributed by atoms with E-state index in [1.54, 1.807) is 50.5 Å². The van der Waals surface area contributed by atoms with Crippen LogP contribution in [0, 0.1) is 0 Å². The maximum Gasteiger partial charge on any atom is 0.305 e. The molecule has 2 aromatic rings. The molecule has 1 aliphatic rings. The lowest BCUT2D eigenvalue weighted by Crippen LogP contribution is -2.30. The Morgan fingerprint density at radius 1 is 1.15 bits per heavy atom. The minimum Gasteiger partial charge on any atom is -0.497 e. The lowest BCUT2D eigenvalue weighted by Gasteiger charge is -2.27. The summed E-state index contributed by atoms with van der Waals surface area (Å²) in [6, 6.07) is 14.1. The highest BCUT2D eigenvalue weighted by atomic mass is 16.5. The van der Waals surface area contributed by atoms with Gasteiger partial charge in [-0.2, -0.15) is 0 Å². The molecule has 0 fully saturated rings. The number of fused-ring (bicyclic) bond motifs is 1. The van der Waals surface area contributed by atoms with Gasteiger partial charge < -0.3 is 19.5 Å². The zero-order valence-electron chi connectivity index (χ0n) is 15.1. The van der Waals surface area contributed by atoms with Gasteiger partial charge in [0.15, 0.2) is 0 Å². The standard InChI is InChI=1S/C18H17NO4.C2H6O/c1-23-14-7-4-6-12(9-14)16(10-17(20)21)19-11-13-5-2-3-8-15(13)18(19)22;1-3-2/h2-9,16H,10-11H2,1H3,(H,20,21);1-2H3/t16-;/m0./s1. The van der Waals surface area contributed by atoms with Crippen LogP contribution in [0.1, 0.15) is 33.9 Å². The van der Waals surface area contributed by atoms with Gasteiger partial charge in [-0.3, -0.25) is 9.59 Å². The van der Waals surface area contributed by atoms with Crippen molar-refractivity contribution in [1.82, 2.24) is 4.90 Å². The molecule has 3 rings (SSSR count). The number of carbonyl (C=O) groups excluding carboxylic acids is 1. The molecule has 0 aromatic heterocycles. The van der Waals surface area contributed by atoms with Crippen LogP contribution in [-0.4, -0.2) is 43.2 Å². The molecule has 138 valence electrons. The number of hydrogen-bond acceptors (Lipinski definition) is 4. The van der Waals surface area contributed by atoms with Gasteiger partial charge in [-0.25, -0.2) is 0 Å². The fourth-order valence-corrected chi connectivity index (χ4v) is 2.95. The van der Waals surface area contributed by atoms with Crippen molar-refractivity contribution < 1.29 is 24.2 Å². The summed E-state index contributed by atoms with van der Waals surface area (Å²) in [6.45, 7) is 0.421. The summed E-state index contributed by atoms with van der Waals surface area (Å²) in [6.07, 6.45) is -0.146. The van der Waals surface area contributed by atoms with Gasteiger partial charge >= 0.3 is 5.97 Å². The third-order valence-corrected chi connectivity index (χ3v) is 4.07. The zero-order chi connectivity index (χ0) is 19.1. The van der Waals surface area contributed by atoms with Crippen LogP contribution in [0.5, 0.6) is 5.75 Å². The summed E-state index contributed by atoms with van der Waals surface area (Å²) in [4.78, 5) is 25.6. The van der Waals surface area contributed by atoms with Crippen LogP contribution in [0.2, 0.25) is 0 Å². The number of carbonyl (C=O) groups is 2. The highest BCUT2D eigenvalue weighted by molar-refractivity contribution is 5.98. The first-order valence-electron chi connectivity index (χ1n) is 8.16. The number of rotatable bonds is 5. The van der Waals surface area contributed by atoms with Gasteiger partial charge in [0.2, 0.25) is 0 Å². The van der Waals surface area contributed by atoms with E-state index in [1.165, 1.54) is 0 Å². The Hall–Kier alpha value is -2.86. The van der Waals surface area contributed by atoms with Crippen LogP contribution in [0.25, 0.3) is 0 Å². The summed E-state index contributed by atoms with van der Waals surface area (Å²) in [7, 11) is 4.81. The fourth-order valence-electron chi connectivity index (χ4n) is 2.95. The minimum atomic E-state index is -0.943. The average Bonchev–Trinajstić information content (AvgIpc) is 2.97. The molecule has 1 atom stereocenters. The summed E-state index contributed by atoms with van der Waals surface area (Å²) >= 11 is 0. The van der Waals surface area contributed by atoms with E-state index in [4.69, 9.17) is 4.74 Å². The summed E-state index contributed by atoms with van der Waals surface area (Å²) in [5.41, 5.74) is 2.33. The molecule has 1 amide bonds. The second-order valence-electron chi connectivity index (χ2n) is 5.89.